The van der Waals surface area contributed by atoms with Gasteiger partial charge in [0.25, 0.3) is 0 Å². The lowest BCUT2D eigenvalue weighted by Crippen LogP contribution is -2.49. The number of nitrogens with zero attached hydrogens (tertiary/aromatic N) is 2. The van der Waals surface area contributed by atoms with E-state index in [1.165, 1.54) is 0 Å². The number of anilines is 1. The van der Waals surface area contributed by atoms with Gasteiger partial charge in [0.05, 0.1) is 13.4 Å². The second kappa shape index (κ2) is 6.23. The first-order chi connectivity index (χ1) is 11.8. The van der Waals surface area contributed by atoms with Gasteiger partial charge >= 0.3 is 0 Å². The van der Waals surface area contributed by atoms with Crippen molar-refractivity contribution in [2.45, 2.75) is 12.3 Å². The fraction of sp³-hybridized carbons (Fsp3) is 0.421. The van der Waals surface area contributed by atoms with Gasteiger partial charge in [0, 0.05) is 49.8 Å². The maximum Gasteiger partial charge on any atom is 0.226 e. The second-order valence-electron chi connectivity index (χ2n) is 6.48. The number of rotatable bonds is 4. The smallest absolute Gasteiger partial charge is 0.226 e. The molecule has 0 N–H and O–H groups in total. The summed E-state index contributed by atoms with van der Waals surface area (Å²) in [5.41, 5.74) is 1.15. The lowest BCUT2D eigenvalue weighted by molar-refractivity contribution is -0.133. The zero-order valence-corrected chi connectivity index (χ0v) is 13.9. The van der Waals surface area contributed by atoms with E-state index in [0.717, 1.165) is 49.8 Å². The minimum absolute atomic E-state index is 0.111. The van der Waals surface area contributed by atoms with Crippen LogP contribution in [0.5, 0.6) is 5.75 Å². The van der Waals surface area contributed by atoms with Crippen molar-refractivity contribution in [2.75, 3.05) is 38.2 Å². The Morgan fingerprint density at radius 2 is 2.00 bits per heavy atom. The number of carbonyl (C=O) groups excluding carboxylic acids is 1. The van der Waals surface area contributed by atoms with Crippen molar-refractivity contribution in [1.82, 2.24) is 4.90 Å². The van der Waals surface area contributed by atoms with Gasteiger partial charge in [-0.05, 0) is 30.7 Å². The maximum atomic E-state index is 12.7. The molecule has 24 heavy (non-hydrogen) atoms. The average Bonchev–Trinajstić information content (AvgIpc) is 3.26. The molecule has 1 aromatic heterocycles. The first-order valence-corrected chi connectivity index (χ1v) is 8.47. The standard InChI is InChI=1S/C19H22N2O3/c1-23-15-5-2-4-14(12-15)20-7-9-21(10-8-20)19(22)17-13-16(17)18-6-3-11-24-18/h2-6,11-12,16-17H,7-10,13H2,1H3. The molecule has 126 valence electrons. The first-order valence-electron chi connectivity index (χ1n) is 8.47. The molecule has 1 aromatic carbocycles. The van der Waals surface area contributed by atoms with Crippen LogP contribution in [0.15, 0.2) is 47.1 Å². The predicted octanol–water partition coefficient (Wildman–Crippen LogP) is 2.74. The van der Waals surface area contributed by atoms with E-state index in [2.05, 4.69) is 11.0 Å². The van der Waals surface area contributed by atoms with Crippen LogP contribution in [-0.4, -0.2) is 44.1 Å². The summed E-state index contributed by atoms with van der Waals surface area (Å²) in [5, 5.41) is 0. The van der Waals surface area contributed by atoms with Crippen LogP contribution in [-0.2, 0) is 4.79 Å². The summed E-state index contributed by atoms with van der Waals surface area (Å²) in [6.07, 6.45) is 2.60. The number of carbonyl (C=O) groups is 1. The lowest BCUT2D eigenvalue weighted by atomic mass is 10.2. The molecule has 1 aliphatic carbocycles. The van der Waals surface area contributed by atoms with Crippen LogP contribution in [0.3, 0.4) is 0 Å². The normalized spacial score (nSPS) is 23.2. The zero-order valence-electron chi connectivity index (χ0n) is 13.9. The minimum Gasteiger partial charge on any atom is -0.497 e. The Kier molecular flexibility index (Phi) is 3.92. The van der Waals surface area contributed by atoms with Gasteiger partial charge in [-0.2, -0.15) is 0 Å². The lowest BCUT2D eigenvalue weighted by Gasteiger charge is -2.36. The van der Waals surface area contributed by atoms with Crippen molar-refractivity contribution < 1.29 is 13.9 Å². The quantitative estimate of drug-likeness (QED) is 0.867. The predicted molar refractivity (Wildman–Crippen MR) is 91.3 cm³/mol. The highest BCUT2D eigenvalue weighted by Gasteiger charge is 2.47. The highest BCUT2D eigenvalue weighted by molar-refractivity contribution is 5.83. The summed E-state index contributed by atoms with van der Waals surface area (Å²) < 4.78 is 10.7. The number of hydrogen-bond donors (Lipinski definition) is 0. The summed E-state index contributed by atoms with van der Waals surface area (Å²) in [5.74, 6) is 2.48. The van der Waals surface area contributed by atoms with Crippen LogP contribution in [0, 0.1) is 5.92 Å². The zero-order chi connectivity index (χ0) is 16.5. The molecule has 1 saturated carbocycles. The molecule has 2 unspecified atom stereocenters. The van der Waals surface area contributed by atoms with Gasteiger partial charge in [0.15, 0.2) is 0 Å². The maximum absolute atomic E-state index is 12.7. The van der Waals surface area contributed by atoms with E-state index in [1.54, 1.807) is 13.4 Å². The van der Waals surface area contributed by atoms with Crippen LogP contribution in [0.25, 0.3) is 0 Å². The number of amides is 1. The second-order valence-corrected chi connectivity index (χ2v) is 6.48. The number of hydrogen-bond acceptors (Lipinski definition) is 4. The minimum atomic E-state index is 0.111. The topological polar surface area (TPSA) is 45.9 Å². The van der Waals surface area contributed by atoms with Gasteiger partial charge in [-0.3, -0.25) is 4.79 Å². The molecule has 1 amide bonds. The largest absolute Gasteiger partial charge is 0.497 e. The van der Waals surface area contributed by atoms with Crippen molar-refractivity contribution >= 4 is 11.6 Å². The van der Waals surface area contributed by atoms with E-state index < -0.39 is 0 Å². The Bertz CT molecular complexity index is 705. The number of ether oxygens (including phenoxy) is 1. The van der Waals surface area contributed by atoms with Gasteiger partial charge in [-0.1, -0.05) is 6.07 Å². The van der Waals surface area contributed by atoms with E-state index >= 15 is 0 Å². The third-order valence-electron chi connectivity index (χ3n) is 5.03. The molecule has 2 atom stereocenters. The molecule has 2 aromatic rings. The van der Waals surface area contributed by atoms with Gasteiger partial charge in [0.2, 0.25) is 5.91 Å². The van der Waals surface area contributed by atoms with Crippen LogP contribution in [0.4, 0.5) is 5.69 Å². The Balaban J connectivity index is 1.34. The van der Waals surface area contributed by atoms with E-state index in [0.29, 0.717) is 0 Å². The molecule has 2 aliphatic rings. The molecule has 5 heteroatoms. The highest BCUT2D eigenvalue weighted by Crippen LogP contribution is 2.48. The van der Waals surface area contributed by atoms with Crippen molar-refractivity contribution in [2.24, 2.45) is 5.92 Å². The summed E-state index contributed by atoms with van der Waals surface area (Å²) in [6.45, 7) is 3.27. The van der Waals surface area contributed by atoms with E-state index in [9.17, 15) is 4.79 Å². The number of methoxy groups -OCH3 is 1. The van der Waals surface area contributed by atoms with Crippen molar-refractivity contribution in [3.63, 3.8) is 0 Å². The Morgan fingerprint density at radius 1 is 1.17 bits per heavy atom. The van der Waals surface area contributed by atoms with Gasteiger partial charge in [-0.15, -0.1) is 0 Å². The molecule has 0 spiro atoms. The third kappa shape index (κ3) is 2.86. The average molecular weight is 326 g/mol. The van der Waals surface area contributed by atoms with Gasteiger partial charge < -0.3 is 19.0 Å². The Morgan fingerprint density at radius 3 is 2.71 bits per heavy atom. The molecule has 2 heterocycles. The molecule has 2 fully saturated rings. The van der Waals surface area contributed by atoms with E-state index in [-0.39, 0.29) is 17.7 Å². The van der Waals surface area contributed by atoms with E-state index in [1.807, 2.05) is 35.2 Å². The Labute approximate surface area is 141 Å². The SMILES string of the molecule is COc1cccc(N2CCN(C(=O)C3CC3c3ccco3)CC2)c1. The highest BCUT2D eigenvalue weighted by atomic mass is 16.5. The number of furan rings is 1. The number of benzene rings is 1. The fourth-order valence-corrected chi connectivity index (χ4v) is 3.51. The van der Waals surface area contributed by atoms with Crippen LogP contribution < -0.4 is 9.64 Å². The molecular weight excluding hydrogens is 304 g/mol. The van der Waals surface area contributed by atoms with Crippen LogP contribution in [0.2, 0.25) is 0 Å². The first kappa shape index (κ1) is 15.1. The summed E-state index contributed by atoms with van der Waals surface area (Å²) in [7, 11) is 1.68. The summed E-state index contributed by atoms with van der Waals surface area (Å²) >= 11 is 0. The Hall–Kier alpha value is -2.43. The number of piperazine rings is 1. The van der Waals surface area contributed by atoms with Crippen LogP contribution >= 0.6 is 0 Å². The monoisotopic (exact) mass is 326 g/mol. The van der Waals surface area contributed by atoms with Crippen molar-refractivity contribution in [3.8, 4) is 5.75 Å². The van der Waals surface area contributed by atoms with Gasteiger partial charge in [0.1, 0.15) is 11.5 Å². The van der Waals surface area contributed by atoms with Crippen molar-refractivity contribution in [1.29, 1.82) is 0 Å². The third-order valence-corrected chi connectivity index (χ3v) is 5.03. The molecule has 0 radical (unpaired) electrons. The van der Waals surface area contributed by atoms with Gasteiger partial charge in [-0.25, -0.2) is 0 Å². The fourth-order valence-electron chi connectivity index (χ4n) is 3.51. The summed E-state index contributed by atoms with van der Waals surface area (Å²) in [4.78, 5) is 17.0. The molecule has 0 bridgehead atoms. The molecular formula is C19H22N2O3. The van der Waals surface area contributed by atoms with E-state index in [4.69, 9.17) is 9.15 Å². The van der Waals surface area contributed by atoms with Crippen molar-refractivity contribution in [3.05, 3.63) is 48.4 Å². The van der Waals surface area contributed by atoms with Crippen LogP contribution in [0.1, 0.15) is 18.1 Å². The molecule has 1 aliphatic heterocycles. The molecule has 4 rings (SSSR count). The summed E-state index contributed by atoms with van der Waals surface area (Å²) in [6, 6.07) is 12.0. The molecule has 1 saturated heterocycles. The molecule has 5 nitrogen and oxygen atoms in total.